The molecule has 0 atom stereocenters. The maximum absolute atomic E-state index is 10.9. The fourth-order valence-electron chi connectivity index (χ4n) is 2.26. The summed E-state index contributed by atoms with van der Waals surface area (Å²) in [5.74, 6) is -0.623. The first-order chi connectivity index (χ1) is 8.02. The lowest BCUT2D eigenvalue weighted by Gasteiger charge is -2.15. The fourth-order valence-corrected chi connectivity index (χ4v) is 2.26. The van der Waals surface area contributed by atoms with Gasteiger partial charge in [-0.05, 0) is 25.7 Å². The lowest BCUT2D eigenvalue weighted by molar-refractivity contribution is -0.391. The molecule has 0 amide bonds. The Labute approximate surface area is 96.0 Å². The molecule has 7 heteroatoms. The summed E-state index contributed by atoms with van der Waals surface area (Å²) in [7, 11) is 0. The van der Waals surface area contributed by atoms with Crippen molar-refractivity contribution in [2.24, 2.45) is 0 Å². The summed E-state index contributed by atoms with van der Waals surface area (Å²) in [6.07, 6.45) is 2.37. The molecule has 1 aromatic carbocycles. The van der Waals surface area contributed by atoms with E-state index < -0.39 is 15.6 Å². The van der Waals surface area contributed by atoms with E-state index in [1.165, 1.54) is 0 Å². The molecule has 1 N–H and O–H groups in total. The third-order valence-corrected chi connectivity index (χ3v) is 2.96. The van der Waals surface area contributed by atoms with E-state index in [1.807, 2.05) is 0 Å². The summed E-state index contributed by atoms with van der Waals surface area (Å²) in [5, 5.41) is 31.2. The number of benzene rings is 1. The minimum atomic E-state index is -0.677. The van der Waals surface area contributed by atoms with E-state index >= 15 is 0 Å². The molecular weight excluding hydrogens is 228 g/mol. The average Bonchev–Trinajstić information content (AvgIpc) is 2.27. The SMILES string of the molecule is O=[N+]([O-])c1cc(O)c([N+](=O)[O-])c2c1CCCC2. The van der Waals surface area contributed by atoms with Crippen LogP contribution in [0.25, 0.3) is 0 Å². The Morgan fingerprint density at radius 2 is 1.65 bits per heavy atom. The molecule has 0 heterocycles. The zero-order valence-corrected chi connectivity index (χ0v) is 8.88. The van der Waals surface area contributed by atoms with Crippen molar-refractivity contribution in [1.29, 1.82) is 0 Å². The van der Waals surface area contributed by atoms with Gasteiger partial charge in [0.05, 0.1) is 15.9 Å². The van der Waals surface area contributed by atoms with Crippen molar-refractivity contribution < 1.29 is 15.0 Å². The highest BCUT2D eigenvalue weighted by Crippen LogP contribution is 2.41. The maximum atomic E-state index is 10.9. The predicted octanol–water partition coefficient (Wildman–Crippen LogP) is 2.09. The monoisotopic (exact) mass is 238 g/mol. The molecule has 0 aromatic heterocycles. The number of nitro groups is 2. The van der Waals surface area contributed by atoms with Gasteiger partial charge in [0.1, 0.15) is 0 Å². The summed E-state index contributed by atoms with van der Waals surface area (Å²) < 4.78 is 0. The first-order valence-corrected chi connectivity index (χ1v) is 5.19. The molecule has 17 heavy (non-hydrogen) atoms. The van der Waals surface area contributed by atoms with Gasteiger partial charge in [0.25, 0.3) is 5.69 Å². The van der Waals surface area contributed by atoms with Crippen LogP contribution in [-0.4, -0.2) is 15.0 Å². The Morgan fingerprint density at radius 1 is 1.06 bits per heavy atom. The molecule has 0 unspecified atom stereocenters. The fraction of sp³-hybridized carbons (Fsp3) is 0.400. The van der Waals surface area contributed by atoms with Gasteiger partial charge < -0.3 is 5.11 Å². The van der Waals surface area contributed by atoms with Gasteiger partial charge in [-0.3, -0.25) is 20.2 Å². The number of hydrogen-bond acceptors (Lipinski definition) is 5. The highest BCUT2D eigenvalue weighted by atomic mass is 16.6. The standard InChI is InChI=1S/C10H10N2O5/c13-9-5-8(11(14)15)6-3-1-2-4-7(6)10(9)12(16)17/h5,13H,1-4H2. The number of nitrogens with zero attached hydrogens (tertiary/aromatic N) is 2. The molecule has 0 aliphatic heterocycles. The Bertz CT molecular complexity index is 512. The Kier molecular flexibility index (Phi) is 2.66. The number of nitro benzene ring substituents is 2. The second kappa shape index (κ2) is 4.00. The van der Waals surface area contributed by atoms with Crippen LogP contribution in [0.1, 0.15) is 24.0 Å². The van der Waals surface area contributed by atoms with Crippen molar-refractivity contribution in [3.8, 4) is 5.75 Å². The molecule has 0 fully saturated rings. The molecule has 0 saturated heterocycles. The van der Waals surface area contributed by atoms with Gasteiger partial charge in [0, 0.05) is 11.1 Å². The van der Waals surface area contributed by atoms with E-state index in [-0.39, 0.29) is 11.4 Å². The number of rotatable bonds is 2. The Hall–Kier alpha value is -2.18. The van der Waals surface area contributed by atoms with Gasteiger partial charge in [-0.2, -0.15) is 0 Å². The van der Waals surface area contributed by atoms with E-state index in [0.717, 1.165) is 18.9 Å². The molecule has 1 aliphatic carbocycles. The molecule has 1 aliphatic rings. The number of fused-ring (bicyclic) bond motifs is 1. The van der Waals surface area contributed by atoms with Crippen LogP contribution in [0.3, 0.4) is 0 Å². The number of aromatic hydroxyl groups is 1. The summed E-state index contributed by atoms with van der Waals surface area (Å²) >= 11 is 0. The summed E-state index contributed by atoms with van der Waals surface area (Å²) in [5.41, 5.74) is 0.104. The minimum Gasteiger partial charge on any atom is -0.502 e. The van der Waals surface area contributed by atoms with Crippen LogP contribution < -0.4 is 0 Å². The van der Waals surface area contributed by atoms with Gasteiger partial charge in [0.15, 0.2) is 0 Å². The van der Waals surface area contributed by atoms with Crippen LogP contribution in [0.15, 0.2) is 6.07 Å². The summed E-state index contributed by atoms with van der Waals surface area (Å²) in [4.78, 5) is 20.4. The second-order valence-electron chi connectivity index (χ2n) is 3.94. The predicted molar refractivity (Wildman–Crippen MR) is 58.1 cm³/mol. The van der Waals surface area contributed by atoms with E-state index in [0.29, 0.717) is 24.0 Å². The first kappa shape index (κ1) is 11.3. The molecule has 0 radical (unpaired) electrons. The van der Waals surface area contributed by atoms with Gasteiger partial charge in [-0.25, -0.2) is 0 Å². The molecule has 1 aromatic rings. The van der Waals surface area contributed by atoms with E-state index in [9.17, 15) is 25.3 Å². The van der Waals surface area contributed by atoms with Crippen molar-refractivity contribution >= 4 is 11.4 Å². The van der Waals surface area contributed by atoms with Crippen LogP contribution in [-0.2, 0) is 12.8 Å². The van der Waals surface area contributed by atoms with Crippen LogP contribution in [0.4, 0.5) is 11.4 Å². The van der Waals surface area contributed by atoms with Crippen LogP contribution in [0.2, 0.25) is 0 Å². The van der Waals surface area contributed by atoms with E-state index in [1.54, 1.807) is 0 Å². The number of phenols is 1. The Morgan fingerprint density at radius 3 is 2.18 bits per heavy atom. The lowest BCUT2D eigenvalue weighted by Crippen LogP contribution is -2.09. The zero-order chi connectivity index (χ0) is 12.6. The van der Waals surface area contributed by atoms with E-state index in [4.69, 9.17) is 0 Å². The molecule has 0 saturated carbocycles. The molecule has 0 bridgehead atoms. The quantitative estimate of drug-likeness (QED) is 0.627. The first-order valence-electron chi connectivity index (χ1n) is 5.19. The Balaban J connectivity index is 2.74. The van der Waals surface area contributed by atoms with Crippen molar-refractivity contribution in [3.05, 3.63) is 37.4 Å². The minimum absolute atomic E-state index is 0.220. The smallest absolute Gasteiger partial charge is 0.314 e. The number of phenolic OH excluding ortho intramolecular Hbond substituents is 1. The molecule has 2 rings (SSSR count). The highest BCUT2D eigenvalue weighted by Gasteiger charge is 2.31. The second-order valence-corrected chi connectivity index (χ2v) is 3.94. The van der Waals surface area contributed by atoms with E-state index in [2.05, 4.69) is 0 Å². The zero-order valence-electron chi connectivity index (χ0n) is 8.88. The van der Waals surface area contributed by atoms with Gasteiger partial charge in [-0.15, -0.1) is 0 Å². The van der Waals surface area contributed by atoms with Crippen LogP contribution >= 0.6 is 0 Å². The molecule has 0 spiro atoms. The summed E-state index contributed by atoms with van der Waals surface area (Å²) in [6.45, 7) is 0. The summed E-state index contributed by atoms with van der Waals surface area (Å²) in [6, 6.07) is 0.877. The van der Waals surface area contributed by atoms with Crippen molar-refractivity contribution in [1.82, 2.24) is 0 Å². The van der Waals surface area contributed by atoms with Crippen molar-refractivity contribution in [3.63, 3.8) is 0 Å². The largest absolute Gasteiger partial charge is 0.502 e. The number of hydrogen-bond donors (Lipinski definition) is 1. The molecule has 90 valence electrons. The van der Waals surface area contributed by atoms with Crippen molar-refractivity contribution in [2.75, 3.05) is 0 Å². The third-order valence-electron chi connectivity index (χ3n) is 2.96. The van der Waals surface area contributed by atoms with Gasteiger partial charge in [-0.1, -0.05) is 0 Å². The molecule has 7 nitrogen and oxygen atoms in total. The lowest BCUT2D eigenvalue weighted by atomic mass is 9.89. The highest BCUT2D eigenvalue weighted by molar-refractivity contribution is 5.64. The third kappa shape index (κ3) is 1.79. The van der Waals surface area contributed by atoms with Gasteiger partial charge >= 0.3 is 5.69 Å². The van der Waals surface area contributed by atoms with Crippen LogP contribution in [0, 0.1) is 20.2 Å². The molecular formula is C10H10N2O5. The van der Waals surface area contributed by atoms with Gasteiger partial charge in [0.2, 0.25) is 5.75 Å². The van der Waals surface area contributed by atoms with Crippen LogP contribution in [0.5, 0.6) is 5.75 Å². The normalized spacial score (nSPS) is 14.1. The maximum Gasteiger partial charge on any atom is 0.314 e. The topological polar surface area (TPSA) is 107 Å². The average molecular weight is 238 g/mol. The van der Waals surface area contributed by atoms with Crippen molar-refractivity contribution in [2.45, 2.75) is 25.7 Å².